The smallest absolute Gasteiger partial charge is 0.350 e. The molecule has 0 N–H and O–H groups in total. The van der Waals surface area contributed by atoms with Crippen molar-refractivity contribution in [3.8, 4) is 5.75 Å². The van der Waals surface area contributed by atoms with Crippen molar-refractivity contribution < 1.29 is 14.3 Å². The second kappa shape index (κ2) is 7.22. The molecule has 0 aromatic heterocycles. The van der Waals surface area contributed by atoms with Crippen LogP contribution in [0.25, 0.3) is 0 Å². The number of nitrogens with zero attached hydrogens (tertiary/aromatic N) is 1. The van der Waals surface area contributed by atoms with Gasteiger partial charge in [0.25, 0.3) is 0 Å². The largest absolute Gasteiger partial charge is 0.475 e. The molecule has 24 heavy (non-hydrogen) atoms. The van der Waals surface area contributed by atoms with Crippen molar-refractivity contribution in [2.24, 2.45) is 0 Å². The SMILES string of the molecule is CC(C)(C)OC(=O)C(C)(C)Oc1cccc(N2CCCCC2)c1Cl. The van der Waals surface area contributed by atoms with E-state index in [0.29, 0.717) is 10.8 Å². The maximum absolute atomic E-state index is 12.4. The summed E-state index contributed by atoms with van der Waals surface area (Å²) in [6.45, 7) is 10.9. The minimum Gasteiger partial charge on any atom is -0.475 e. The quantitative estimate of drug-likeness (QED) is 0.727. The van der Waals surface area contributed by atoms with Gasteiger partial charge in [-0.15, -0.1) is 0 Å². The van der Waals surface area contributed by atoms with E-state index in [4.69, 9.17) is 21.1 Å². The number of ether oxygens (including phenoxy) is 2. The number of benzene rings is 1. The molecule has 1 aliphatic heterocycles. The Kier molecular flexibility index (Phi) is 5.69. The van der Waals surface area contributed by atoms with Gasteiger partial charge in [0.2, 0.25) is 0 Å². The summed E-state index contributed by atoms with van der Waals surface area (Å²) in [6, 6.07) is 5.71. The lowest BCUT2D eigenvalue weighted by atomic mass is 10.1. The Hall–Kier alpha value is -1.42. The van der Waals surface area contributed by atoms with E-state index in [-0.39, 0.29) is 0 Å². The summed E-state index contributed by atoms with van der Waals surface area (Å²) < 4.78 is 11.4. The van der Waals surface area contributed by atoms with Gasteiger partial charge in [0.05, 0.1) is 5.69 Å². The Morgan fingerprint density at radius 2 is 1.71 bits per heavy atom. The molecule has 2 rings (SSSR count). The third-order valence-corrected chi connectivity index (χ3v) is 4.28. The minimum absolute atomic E-state index is 0.408. The Morgan fingerprint density at radius 1 is 1.08 bits per heavy atom. The van der Waals surface area contributed by atoms with Gasteiger partial charge in [-0.1, -0.05) is 17.7 Å². The Morgan fingerprint density at radius 3 is 2.29 bits per heavy atom. The van der Waals surface area contributed by atoms with Crippen molar-refractivity contribution in [3.63, 3.8) is 0 Å². The molecular formula is C19H28ClNO3. The number of anilines is 1. The van der Waals surface area contributed by atoms with E-state index in [1.807, 2.05) is 32.9 Å². The van der Waals surface area contributed by atoms with E-state index in [1.165, 1.54) is 19.3 Å². The predicted molar refractivity (Wildman–Crippen MR) is 98.1 cm³/mol. The zero-order chi connectivity index (χ0) is 18.0. The summed E-state index contributed by atoms with van der Waals surface area (Å²) in [4.78, 5) is 14.7. The first-order chi connectivity index (χ1) is 11.1. The Labute approximate surface area is 150 Å². The van der Waals surface area contributed by atoms with Gasteiger partial charge >= 0.3 is 5.97 Å². The first kappa shape index (κ1) is 18.9. The van der Waals surface area contributed by atoms with Gasteiger partial charge in [0, 0.05) is 13.1 Å². The molecule has 0 atom stereocenters. The van der Waals surface area contributed by atoms with Gasteiger partial charge in [-0.05, 0) is 66.0 Å². The van der Waals surface area contributed by atoms with Crippen molar-refractivity contribution in [2.45, 2.75) is 65.1 Å². The van der Waals surface area contributed by atoms with Gasteiger partial charge in [0.1, 0.15) is 16.4 Å². The van der Waals surface area contributed by atoms with Crippen molar-refractivity contribution in [1.82, 2.24) is 0 Å². The molecule has 0 spiro atoms. The molecular weight excluding hydrogens is 326 g/mol. The molecule has 1 heterocycles. The number of carbonyl (C=O) groups is 1. The maximum atomic E-state index is 12.4. The van der Waals surface area contributed by atoms with E-state index in [2.05, 4.69) is 4.90 Å². The van der Waals surface area contributed by atoms with Crippen LogP contribution in [0, 0.1) is 0 Å². The molecule has 1 fully saturated rings. The average molecular weight is 354 g/mol. The second-order valence-corrected chi connectivity index (χ2v) is 8.13. The van der Waals surface area contributed by atoms with Crippen LogP contribution in [0.3, 0.4) is 0 Å². The Bertz CT molecular complexity index is 587. The van der Waals surface area contributed by atoms with Gasteiger partial charge in [0.15, 0.2) is 5.60 Å². The topological polar surface area (TPSA) is 38.8 Å². The zero-order valence-corrected chi connectivity index (χ0v) is 16.1. The minimum atomic E-state index is -1.11. The fourth-order valence-electron chi connectivity index (χ4n) is 2.67. The molecule has 4 nitrogen and oxygen atoms in total. The molecule has 134 valence electrons. The number of halogens is 1. The lowest BCUT2D eigenvalue weighted by Gasteiger charge is -2.32. The van der Waals surface area contributed by atoms with Crippen LogP contribution in [-0.4, -0.2) is 30.3 Å². The van der Waals surface area contributed by atoms with Gasteiger partial charge in [-0.25, -0.2) is 4.79 Å². The molecule has 0 unspecified atom stereocenters. The molecule has 1 aromatic carbocycles. The first-order valence-corrected chi connectivity index (χ1v) is 8.94. The van der Waals surface area contributed by atoms with Crippen LogP contribution in [-0.2, 0) is 9.53 Å². The van der Waals surface area contributed by atoms with Gasteiger partial charge < -0.3 is 14.4 Å². The lowest BCUT2D eigenvalue weighted by Crippen LogP contribution is -2.43. The van der Waals surface area contributed by atoms with Crippen molar-refractivity contribution in [3.05, 3.63) is 23.2 Å². The number of rotatable bonds is 4. The summed E-state index contributed by atoms with van der Waals surface area (Å²) in [5.41, 5.74) is -0.705. The normalized spacial score (nSPS) is 16.0. The molecule has 1 aromatic rings. The molecule has 1 saturated heterocycles. The van der Waals surface area contributed by atoms with E-state index >= 15 is 0 Å². The van der Waals surface area contributed by atoms with Crippen LogP contribution in [0.15, 0.2) is 18.2 Å². The summed E-state index contributed by atoms with van der Waals surface area (Å²) in [7, 11) is 0. The molecule has 1 aliphatic rings. The number of esters is 1. The number of hydrogen-bond acceptors (Lipinski definition) is 4. The summed E-state index contributed by atoms with van der Waals surface area (Å²) in [5, 5.41) is 0.552. The average Bonchev–Trinajstić information content (AvgIpc) is 2.48. The molecule has 0 radical (unpaired) electrons. The predicted octanol–water partition coefficient (Wildman–Crippen LogP) is 4.83. The van der Waals surface area contributed by atoms with Gasteiger partial charge in [-0.2, -0.15) is 0 Å². The molecule has 0 aliphatic carbocycles. The third kappa shape index (κ3) is 4.79. The zero-order valence-electron chi connectivity index (χ0n) is 15.3. The van der Waals surface area contributed by atoms with Crippen LogP contribution < -0.4 is 9.64 Å². The standard InChI is InChI=1S/C19H28ClNO3/c1-18(2,3)24-17(22)19(4,5)23-15-11-9-10-14(16(15)20)21-12-7-6-8-13-21/h9-11H,6-8,12-13H2,1-5H3. The summed E-state index contributed by atoms with van der Waals surface area (Å²) in [6.07, 6.45) is 3.60. The number of piperidine rings is 1. The highest BCUT2D eigenvalue weighted by Crippen LogP contribution is 2.37. The lowest BCUT2D eigenvalue weighted by molar-refractivity contribution is -0.170. The van der Waals surface area contributed by atoms with Crippen LogP contribution in [0.2, 0.25) is 5.02 Å². The number of hydrogen-bond donors (Lipinski definition) is 0. The molecule has 0 amide bonds. The van der Waals surface area contributed by atoms with Crippen molar-refractivity contribution >= 4 is 23.3 Å². The van der Waals surface area contributed by atoms with Crippen LogP contribution >= 0.6 is 11.6 Å². The first-order valence-electron chi connectivity index (χ1n) is 8.56. The van der Waals surface area contributed by atoms with E-state index in [1.54, 1.807) is 19.9 Å². The van der Waals surface area contributed by atoms with E-state index in [0.717, 1.165) is 18.8 Å². The number of carbonyl (C=O) groups excluding carboxylic acids is 1. The van der Waals surface area contributed by atoms with Crippen LogP contribution in [0.4, 0.5) is 5.69 Å². The fraction of sp³-hybridized carbons (Fsp3) is 0.632. The van der Waals surface area contributed by atoms with Crippen molar-refractivity contribution in [2.75, 3.05) is 18.0 Å². The Balaban J connectivity index is 2.18. The van der Waals surface area contributed by atoms with Crippen LogP contribution in [0.5, 0.6) is 5.75 Å². The summed E-state index contributed by atoms with van der Waals surface area (Å²) in [5.74, 6) is 0.102. The fourth-order valence-corrected chi connectivity index (χ4v) is 2.96. The highest BCUT2D eigenvalue weighted by molar-refractivity contribution is 6.34. The van der Waals surface area contributed by atoms with E-state index in [9.17, 15) is 4.79 Å². The molecule has 0 saturated carbocycles. The van der Waals surface area contributed by atoms with E-state index < -0.39 is 17.2 Å². The molecule has 0 bridgehead atoms. The second-order valence-electron chi connectivity index (χ2n) is 7.75. The third-order valence-electron chi connectivity index (χ3n) is 3.90. The maximum Gasteiger partial charge on any atom is 0.350 e. The van der Waals surface area contributed by atoms with Crippen LogP contribution in [0.1, 0.15) is 53.9 Å². The molecule has 5 heteroatoms. The monoisotopic (exact) mass is 353 g/mol. The van der Waals surface area contributed by atoms with Crippen molar-refractivity contribution in [1.29, 1.82) is 0 Å². The highest BCUT2D eigenvalue weighted by Gasteiger charge is 2.35. The van der Waals surface area contributed by atoms with Gasteiger partial charge in [-0.3, -0.25) is 0 Å². The highest BCUT2D eigenvalue weighted by atomic mass is 35.5. The summed E-state index contributed by atoms with van der Waals surface area (Å²) >= 11 is 6.57.